The number of carbonyl (C=O) groups excluding carboxylic acids is 1. The van der Waals surface area contributed by atoms with Crippen molar-refractivity contribution in [1.82, 2.24) is 10.2 Å². The number of benzene rings is 1. The summed E-state index contributed by atoms with van der Waals surface area (Å²) in [5.74, 6) is -0.163. The summed E-state index contributed by atoms with van der Waals surface area (Å²) in [7, 11) is 1.72. The maximum Gasteiger partial charge on any atom is 0.278 e. The van der Waals surface area contributed by atoms with Crippen LogP contribution in [0.1, 0.15) is 16.2 Å². The lowest BCUT2D eigenvalue weighted by molar-refractivity contribution is 0.0987. The molecule has 0 saturated heterocycles. The van der Waals surface area contributed by atoms with E-state index in [1.807, 2.05) is 37.3 Å². The minimum atomic E-state index is -0.163. The highest BCUT2D eigenvalue weighted by atomic mass is 16.2. The number of hydrogen-bond acceptors (Lipinski definition) is 3. The Morgan fingerprint density at radius 1 is 1.06 bits per heavy atom. The molecule has 0 aliphatic heterocycles. The van der Waals surface area contributed by atoms with Gasteiger partial charge in [-0.1, -0.05) is 18.2 Å². The van der Waals surface area contributed by atoms with Gasteiger partial charge in [-0.25, -0.2) is 0 Å². The van der Waals surface area contributed by atoms with E-state index in [2.05, 4.69) is 10.2 Å². The van der Waals surface area contributed by atoms with Crippen LogP contribution in [0.15, 0.2) is 42.5 Å². The summed E-state index contributed by atoms with van der Waals surface area (Å²) in [6, 6.07) is 12.9. The van der Waals surface area contributed by atoms with Gasteiger partial charge in [0.1, 0.15) is 0 Å². The zero-order valence-corrected chi connectivity index (χ0v) is 9.79. The molecule has 1 heterocycles. The molecule has 0 aliphatic rings. The van der Waals surface area contributed by atoms with Crippen LogP contribution in [0.25, 0.3) is 0 Å². The number of carbonyl (C=O) groups is 1. The van der Waals surface area contributed by atoms with E-state index in [0.29, 0.717) is 5.69 Å². The summed E-state index contributed by atoms with van der Waals surface area (Å²) >= 11 is 0. The first kappa shape index (κ1) is 11.3. The second kappa shape index (κ2) is 4.74. The number of hydrogen-bond donors (Lipinski definition) is 0. The molecule has 0 bridgehead atoms. The van der Waals surface area contributed by atoms with Gasteiger partial charge in [0.2, 0.25) is 0 Å². The van der Waals surface area contributed by atoms with Crippen LogP contribution in [0.3, 0.4) is 0 Å². The molecule has 0 saturated carbocycles. The molecule has 0 radical (unpaired) electrons. The normalized spacial score (nSPS) is 10.0. The molecule has 1 aromatic carbocycles. The van der Waals surface area contributed by atoms with Crippen LogP contribution in [0, 0.1) is 6.92 Å². The van der Waals surface area contributed by atoms with Crippen molar-refractivity contribution < 1.29 is 4.79 Å². The van der Waals surface area contributed by atoms with Gasteiger partial charge in [-0.05, 0) is 31.2 Å². The fraction of sp³-hybridized carbons (Fsp3) is 0.154. The lowest BCUT2D eigenvalue weighted by Crippen LogP contribution is -2.27. The smallest absolute Gasteiger partial charge is 0.278 e. The maximum absolute atomic E-state index is 12.1. The number of amides is 1. The second-order valence-corrected chi connectivity index (χ2v) is 3.76. The van der Waals surface area contributed by atoms with Crippen molar-refractivity contribution in [1.29, 1.82) is 0 Å². The maximum atomic E-state index is 12.1. The van der Waals surface area contributed by atoms with Crippen LogP contribution in [-0.4, -0.2) is 23.2 Å². The SMILES string of the molecule is Cc1ccc(C(=O)N(C)c2ccccc2)nn1. The van der Waals surface area contributed by atoms with Gasteiger partial charge < -0.3 is 4.90 Å². The van der Waals surface area contributed by atoms with Crippen LogP contribution in [0.5, 0.6) is 0 Å². The molecule has 17 heavy (non-hydrogen) atoms. The number of aryl methyl sites for hydroxylation is 1. The molecule has 2 rings (SSSR count). The molecule has 0 N–H and O–H groups in total. The molecular weight excluding hydrogens is 214 g/mol. The predicted octanol–water partition coefficient (Wildman–Crippen LogP) is 2.06. The molecular formula is C13H13N3O. The summed E-state index contributed by atoms with van der Waals surface area (Å²) in [6.45, 7) is 1.84. The third-order valence-electron chi connectivity index (χ3n) is 2.47. The third kappa shape index (κ3) is 2.47. The van der Waals surface area contributed by atoms with E-state index in [9.17, 15) is 4.79 Å². The van der Waals surface area contributed by atoms with Crippen molar-refractivity contribution in [3.63, 3.8) is 0 Å². The minimum absolute atomic E-state index is 0.163. The molecule has 86 valence electrons. The summed E-state index contributed by atoms with van der Waals surface area (Å²) in [4.78, 5) is 13.6. The number of nitrogens with zero attached hydrogens (tertiary/aromatic N) is 3. The number of para-hydroxylation sites is 1. The Hall–Kier alpha value is -2.23. The molecule has 0 unspecified atom stereocenters. The number of aromatic nitrogens is 2. The molecule has 0 spiro atoms. The Bertz CT molecular complexity index is 508. The monoisotopic (exact) mass is 227 g/mol. The Morgan fingerprint density at radius 3 is 2.35 bits per heavy atom. The summed E-state index contributed by atoms with van der Waals surface area (Å²) < 4.78 is 0. The molecule has 0 fully saturated rings. The predicted molar refractivity (Wildman–Crippen MR) is 65.9 cm³/mol. The zero-order chi connectivity index (χ0) is 12.3. The average Bonchev–Trinajstić information content (AvgIpc) is 2.39. The van der Waals surface area contributed by atoms with E-state index in [1.54, 1.807) is 24.1 Å². The number of anilines is 1. The Kier molecular flexibility index (Phi) is 3.14. The Labute approximate surface area is 99.9 Å². The van der Waals surface area contributed by atoms with E-state index in [-0.39, 0.29) is 5.91 Å². The van der Waals surface area contributed by atoms with Gasteiger partial charge in [0.15, 0.2) is 5.69 Å². The minimum Gasteiger partial charge on any atom is -0.310 e. The van der Waals surface area contributed by atoms with Gasteiger partial charge in [-0.15, -0.1) is 5.10 Å². The number of rotatable bonds is 2. The van der Waals surface area contributed by atoms with Crippen molar-refractivity contribution in [2.45, 2.75) is 6.92 Å². The van der Waals surface area contributed by atoms with Gasteiger partial charge in [-0.2, -0.15) is 5.10 Å². The first-order valence-corrected chi connectivity index (χ1v) is 5.32. The standard InChI is InChI=1S/C13H13N3O/c1-10-8-9-12(15-14-10)13(17)16(2)11-6-4-3-5-7-11/h3-9H,1-2H3. The largest absolute Gasteiger partial charge is 0.310 e. The molecule has 4 nitrogen and oxygen atoms in total. The molecule has 1 amide bonds. The summed E-state index contributed by atoms with van der Waals surface area (Å²) in [5, 5.41) is 7.76. The molecule has 0 atom stereocenters. The highest BCUT2D eigenvalue weighted by molar-refractivity contribution is 6.04. The van der Waals surface area contributed by atoms with E-state index >= 15 is 0 Å². The van der Waals surface area contributed by atoms with Gasteiger partial charge in [-0.3, -0.25) is 4.79 Å². The fourth-order valence-electron chi connectivity index (χ4n) is 1.45. The van der Waals surface area contributed by atoms with Crippen LogP contribution in [0.4, 0.5) is 5.69 Å². The van der Waals surface area contributed by atoms with Crippen molar-refractivity contribution in [2.24, 2.45) is 0 Å². The molecule has 4 heteroatoms. The highest BCUT2D eigenvalue weighted by Crippen LogP contribution is 2.13. The fourth-order valence-corrected chi connectivity index (χ4v) is 1.45. The van der Waals surface area contributed by atoms with Crippen molar-refractivity contribution in [2.75, 3.05) is 11.9 Å². The third-order valence-corrected chi connectivity index (χ3v) is 2.47. The lowest BCUT2D eigenvalue weighted by atomic mass is 10.2. The van der Waals surface area contributed by atoms with Crippen molar-refractivity contribution >= 4 is 11.6 Å². The Balaban J connectivity index is 2.23. The average molecular weight is 227 g/mol. The van der Waals surface area contributed by atoms with Crippen molar-refractivity contribution in [3.8, 4) is 0 Å². The van der Waals surface area contributed by atoms with E-state index < -0.39 is 0 Å². The molecule has 2 aromatic rings. The first-order chi connectivity index (χ1) is 8.18. The molecule has 1 aromatic heterocycles. The van der Waals surface area contributed by atoms with E-state index in [0.717, 1.165) is 11.4 Å². The van der Waals surface area contributed by atoms with Crippen molar-refractivity contribution in [3.05, 3.63) is 53.9 Å². The highest BCUT2D eigenvalue weighted by Gasteiger charge is 2.14. The van der Waals surface area contributed by atoms with Crippen LogP contribution >= 0.6 is 0 Å². The van der Waals surface area contributed by atoms with Crippen LogP contribution in [0.2, 0.25) is 0 Å². The van der Waals surface area contributed by atoms with Crippen LogP contribution < -0.4 is 4.90 Å². The lowest BCUT2D eigenvalue weighted by Gasteiger charge is -2.16. The van der Waals surface area contributed by atoms with Gasteiger partial charge in [0.25, 0.3) is 5.91 Å². The quantitative estimate of drug-likeness (QED) is 0.789. The molecule has 0 aliphatic carbocycles. The van der Waals surface area contributed by atoms with Gasteiger partial charge in [0, 0.05) is 12.7 Å². The summed E-state index contributed by atoms with van der Waals surface area (Å²) in [6.07, 6.45) is 0. The second-order valence-electron chi connectivity index (χ2n) is 3.76. The van der Waals surface area contributed by atoms with Crippen LogP contribution in [-0.2, 0) is 0 Å². The first-order valence-electron chi connectivity index (χ1n) is 5.32. The zero-order valence-electron chi connectivity index (χ0n) is 9.79. The summed E-state index contributed by atoms with van der Waals surface area (Å²) in [5.41, 5.74) is 1.98. The van der Waals surface area contributed by atoms with E-state index in [1.165, 1.54) is 0 Å². The van der Waals surface area contributed by atoms with Gasteiger partial charge in [0.05, 0.1) is 5.69 Å². The van der Waals surface area contributed by atoms with E-state index in [4.69, 9.17) is 0 Å². The van der Waals surface area contributed by atoms with Gasteiger partial charge >= 0.3 is 0 Å². The Morgan fingerprint density at radius 2 is 1.76 bits per heavy atom. The topological polar surface area (TPSA) is 46.1 Å².